The largest absolute Gasteiger partial charge is 0.457 e. The van der Waals surface area contributed by atoms with Crippen LogP contribution >= 0.6 is 0 Å². The fraction of sp³-hybridized carbons (Fsp3) is 0.0769. The lowest BCUT2D eigenvalue weighted by atomic mass is 9.95. The first kappa shape index (κ1) is 20.2. The highest BCUT2D eigenvalue weighted by molar-refractivity contribution is 6.08. The summed E-state index contributed by atoms with van der Waals surface area (Å²) in [4.78, 5) is 4.63. The molecule has 0 spiro atoms. The average molecular weight is 409 g/mol. The van der Waals surface area contributed by atoms with Crippen molar-refractivity contribution in [2.24, 2.45) is 5.73 Å². The van der Waals surface area contributed by atoms with Crippen molar-refractivity contribution in [3.8, 4) is 33.9 Å². The Morgan fingerprint density at radius 3 is 2.06 bits per heavy atom. The number of aryl methyl sites for hydroxylation is 2. The average Bonchev–Trinajstić information content (AvgIpc) is 2.74. The number of aromatic nitrogens is 1. The summed E-state index contributed by atoms with van der Waals surface area (Å²) in [5.41, 5.74) is 18.7. The van der Waals surface area contributed by atoms with Crippen LogP contribution in [-0.2, 0) is 0 Å². The second-order valence-electron chi connectivity index (χ2n) is 7.54. The number of amidine groups is 1. The Morgan fingerprint density at radius 1 is 0.839 bits per heavy atom. The third-order valence-corrected chi connectivity index (χ3v) is 5.03. The van der Waals surface area contributed by atoms with E-state index >= 15 is 0 Å². The quantitative estimate of drug-likeness (QED) is 0.292. The maximum Gasteiger partial charge on any atom is 0.127 e. The van der Waals surface area contributed by atoms with E-state index < -0.39 is 0 Å². The van der Waals surface area contributed by atoms with Crippen LogP contribution in [0, 0.1) is 19.3 Å². The number of benzene rings is 3. The Kier molecular flexibility index (Phi) is 5.41. The first-order valence-corrected chi connectivity index (χ1v) is 9.97. The van der Waals surface area contributed by atoms with Gasteiger partial charge in [0, 0.05) is 17.3 Å². The lowest BCUT2D eigenvalue weighted by Crippen LogP contribution is -2.16. The molecule has 1 aromatic heterocycles. The topological polar surface area (TPSA) is 98.0 Å². The van der Waals surface area contributed by atoms with Gasteiger partial charge in [-0.3, -0.25) is 10.4 Å². The molecule has 0 aliphatic rings. The molecule has 0 aliphatic heterocycles. The number of ether oxygens (including phenoxy) is 1. The van der Waals surface area contributed by atoms with Gasteiger partial charge in [0.25, 0.3) is 0 Å². The smallest absolute Gasteiger partial charge is 0.127 e. The monoisotopic (exact) mass is 408 g/mol. The van der Waals surface area contributed by atoms with E-state index in [-0.39, 0.29) is 5.84 Å². The van der Waals surface area contributed by atoms with Crippen LogP contribution in [0.2, 0.25) is 0 Å². The Balaban J connectivity index is 1.73. The normalized spacial score (nSPS) is 10.6. The third-order valence-electron chi connectivity index (χ3n) is 5.03. The van der Waals surface area contributed by atoms with Crippen LogP contribution in [0.25, 0.3) is 22.4 Å². The van der Waals surface area contributed by atoms with Gasteiger partial charge in [0.2, 0.25) is 0 Å². The standard InChI is InChI=1S/C26H24N4O/c1-16-12-17(2)14-19(13-16)25-24(27)23(26(28)29)22(15-30-25)18-8-10-21(11-9-18)31-20-6-4-3-5-7-20/h3-15H,27H2,1-2H3,(H3,28,29). The molecule has 0 fully saturated rings. The summed E-state index contributed by atoms with van der Waals surface area (Å²) in [5.74, 6) is 1.39. The molecule has 5 N–H and O–H groups in total. The molecule has 0 bridgehead atoms. The molecular formula is C26H24N4O. The number of nitrogens with zero attached hydrogens (tertiary/aromatic N) is 1. The molecule has 0 radical (unpaired) electrons. The summed E-state index contributed by atoms with van der Waals surface area (Å²) >= 11 is 0. The maximum atomic E-state index is 8.15. The Morgan fingerprint density at radius 2 is 1.45 bits per heavy atom. The first-order valence-electron chi connectivity index (χ1n) is 9.97. The number of nitrogens with two attached hydrogens (primary N) is 2. The van der Waals surface area contributed by atoms with Gasteiger partial charge in [-0.05, 0) is 55.8 Å². The molecule has 5 nitrogen and oxygen atoms in total. The zero-order valence-corrected chi connectivity index (χ0v) is 17.5. The molecule has 3 aromatic carbocycles. The van der Waals surface area contributed by atoms with Gasteiger partial charge in [-0.15, -0.1) is 0 Å². The van der Waals surface area contributed by atoms with E-state index in [0.717, 1.165) is 28.0 Å². The van der Waals surface area contributed by atoms with Gasteiger partial charge >= 0.3 is 0 Å². The van der Waals surface area contributed by atoms with E-state index in [1.807, 2.05) is 80.6 Å². The molecule has 0 unspecified atom stereocenters. The van der Waals surface area contributed by atoms with Crippen LogP contribution in [0.3, 0.4) is 0 Å². The lowest BCUT2D eigenvalue weighted by molar-refractivity contribution is 0.483. The molecule has 1 heterocycles. The molecule has 4 aromatic rings. The predicted molar refractivity (Wildman–Crippen MR) is 127 cm³/mol. The molecular weight excluding hydrogens is 384 g/mol. The summed E-state index contributed by atoms with van der Waals surface area (Å²) < 4.78 is 5.86. The summed E-state index contributed by atoms with van der Waals surface area (Å²) in [5, 5.41) is 8.15. The zero-order chi connectivity index (χ0) is 22.0. The Bertz CT molecular complexity index is 1230. The number of rotatable bonds is 5. The van der Waals surface area contributed by atoms with E-state index in [0.29, 0.717) is 28.3 Å². The molecule has 154 valence electrons. The summed E-state index contributed by atoms with van der Waals surface area (Å²) in [6, 6.07) is 23.3. The molecule has 0 aliphatic carbocycles. The van der Waals surface area contributed by atoms with Crippen molar-refractivity contribution in [2.75, 3.05) is 5.73 Å². The van der Waals surface area contributed by atoms with E-state index in [2.05, 4.69) is 11.1 Å². The van der Waals surface area contributed by atoms with E-state index in [4.69, 9.17) is 21.6 Å². The predicted octanol–water partition coefficient (Wildman–Crippen LogP) is 5.69. The number of hydrogen-bond acceptors (Lipinski definition) is 4. The molecule has 4 rings (SSSR count). The molecule has 0 atom stereocenters. The number of nitrogens with one attached hydrogen (secondary N) is 1. The minimum atomic E-state index is -0.0925. The maximum absolute atomic E-state index is 8.15. The van der Waals surface area contributed by atoms with Crippen LogP contribution in [-0.4, -0.2) is 10.8 Å². The van der Waals surface area contributed by atoms with Gasteiger partial charge in [-0.2, -0.15) is 0 Å². The minimum Gasteiger partial charge on any atom is -0.457 e. The molecule has 31 heavy (non-hydrogen) atoms. The number of pyridine rings is 1. The summed E-state index contributed by atoms with van der Waals surface area (Å²) in [6.45, 7) is 4.07. The lowest BCUT2D eigenvalue weighted by Gasteiger charge is -2.16. The first-order chi connectivity index (χ1) is 14.9. The molecule has 0 amide bonds. The summed E-state index contributed by atoms with van der Waals surface area (Å²) in [7, 11) is 0. The highest BCUT2D eigenvalue weighted by Gasteiger charge is 2.18. The van der Waals surface area contributed by atoms with Gasteiger partial charge in [-0.25, -0.2) is 0 Å². The number of hydrogen-bond donors (Lipinski definition) is 3. The van der Waals surface area contributed by atoms with Crippen molar-refractivity contribution in [2.45, 2.75) is 13.8 Å². The van der Waals surface area contributed by atoms with Crippen molar-refractivity contribution >= 4 is 11.5 Å². The fourth-order valence-corrected chi connectivity index (χ4v) is 3.70. The van der Waals surface area contributed by atoms with E-state index in [1.165, 1.54) is 0 Å². The van der Waals surface area contributed by atoms with Gasteiger partial charge in [0.15, 0.2) is 0 Å². The SMILES string of the molecule is Cc1cc(C)cc(-c2ncc(-c3ccc(Oc4ccccc4)cc3)c(C(=N)N)c2N)c1. The Labute approximate surface area is 181 Å². The number of anilines is 1. The van der Waals surface area contributed by atoms with Crippen molar-refractivity contribution in [3.05, 3.63) is 95.7 Å². The second kappa shape index (κ2) is 8.32. The van der Waals surface area contributed by atoms with Crippen LogP contribution in [0.15, 0.2) is 79.0 Å². The highest BCUT2D eigenvalue weighted by Crippen LogP contribution is 2.35. The van der Waals surface area contributed by atoms with Crippen LogP contribution in [0.4, 0.5) is 5.69 Å². The fourth-order valence-electron chi connectivity index (χ4n) is 3.70. The Hall–Kier alpha value is -4.12. The van der Waals surface area contributed by atoms with Crippen LogP contribution in [0.5, 0.6) is 11.5 Å². The van der Waals surface area contributed by atoms with Crippen LogP contribution < -0.4 is 16.2 Å². The highest BCUT2D eigenvalue weighted by atomic mass is 16.5. The van der Waals surface area contributed by atoms with E-state index in [9.17, 15) is 0 Å². The van der Waals surface area contributed by atoms with Gasteiger partial charge in [-0.1, -0.05) is 47.5 Å². The van der Waals surface area contributed by atoms with Crippen molar-refractivity contribution in [1.82, 2.24) is 4.98 Å². The van der Waals surface area contributed by atoms with Crippen molar-refractivity contribution in [3.63, 3.8) is 0 Å². The minimum absolute atomic E-state index is 0.0925. The molecule has 0 saturated heterocycles. The van der Waals surface area contributed by atoms with Gasteiger partial charge in [0.1, 0.15) is 17.3 Å². The third kappa shape index (κ3) is 4.26. The van der Waals surface area contributed by atoms with Gasteiger partial charge in [0.05, 0.1) is 16.9 Å². The van der Waals surface area contributed by atoms with Gasteiger partial charge < -0.3 is 16.2 Å². The molecule has 0 saturated carbocycles. The zero-order valence-electron chi connectivity index (χ0n) is 17.5. The number of para-hydroxylation sites is 1. The second-order valence-corrected chi connectivity index (χ2v) is 7.54. The van der Waals surface area contributed by atoms with E-state index in [1.54, 1.807) is 6.20 Å². The summed E-state index contributed by atoms with van der Waals surface area (Å²) in [6.07, 6.45) is 1.73. The van der Waals surface area contributed by atoms with Crippen molar-refractivity contribution < 1.29 is 4.74 Å². The molecule has 5 heteroatoms. The van der Waals surface area contributed by atoms with Crippen molar-refractivity contribution in [1.29, 1.82) is 5.41 Å². The number of nitrogen functional groups attached to an aromatic ring is 2. The van der Waals surface area contributed by atoms with Crippen LogP contribution in [0.1, 0.15) is 16.7 Å².